The zero-order chi connectivity index (χ0) is 55.5. The van der Waals surface area contributed by atoms with Crippen LogP contribution in [-0.4, -0.2) is 125 Å². The Hall–Kier alpha value is -6.55. The third kappa shape index (κ3) is 10.8. The minimum Gasteiger partial charge on any atom is -0.463 e. The van der Waals surface area contributed by atoms with E-state index in [1.807, 2.05) is 0 Å². The maximum atomic E-state index is 15.6. The van der Waals surface area contributed by atoms with Crippen molar-refractivity contribution in [3.63, 3.8) is 0 Å². The van der Waals surface area contributed by atoms with Crippen molar-refractivity contribution in [2.75, 3.05) is 13.2 Å². The molecular formula is C45H46Cl2N2O19. The molecule has 2 unspecified atom stereocenters. The number of rotatable bonds is 14. The van der Waals surface area contributed by atoms with Crippen LogP contribution in [0.4, 0.5) is 0 Å². The van der Waals surface area contributed by atoms with Gasteiger partial charge in [0.15, 0.2) is 54.9 Å². The van der Waals surface area contributed by atoms with Gasteiger partial charge in [-0.2, -0.15) is 0 Å². The lowest BCUT2D eigenvalue weighted by Gasteiger charge is -2.45. The predicted molar refractivity (Wildman–Crippen MR) is 232 cm³/mol. The summed E-state index contributed by atoms with van der Waals surface area (Å²) in [6.07, 6.45) is -18.7. The number of carbonyl (C=O) groups is 9. The van der Waals surface area contributed by atoms with Gasteiger partial charge in [-0.05, 0) is 12.1 Å². The van der Waals surface area contributed by atoms with Crippen molar-refractivity contribution >= 4 is 98.5 Å². The molecule has 10 atom stereocenters. The van der Waals surface area contributed by atoms with Gasteiger partial charge in [-0.1, -0.05) is 59.6 Å². The molecule has 2 fully saturated rings. The maximum absolute atomic E-state index is 15.6. The molecule has 0 aliphatic carbocycles. The molecule has 4 aromatic rings. The van der Waals surface area contributed by atoms with Crippen LogP contribution in [0.3, 0.4) is 0 Å². The number of ketones is 1. The van der Waals surface area contributed by atoms with Gasteiger partial charge in [0.1, 0.15) is 35.7 Å². The fourth-order valence-electron chi connectivity index (χ4n) is 8.06. The zero-order valence-electron chi connectivity index (χ0n) is 43.4. The molecule has 21 nitrogen and oxygen atoms in total. The van der Waals surface area contributed by atoms with Crippen LogP contribution in [0.25, 0.3) is 21.8 Å². The number of aromatic nitrogens is 2. The largest absolute Gasteiger partial charge is 0.463 e. The fourth-order valence-corrected chi connectivity index (χ4v) is 8.81. The molecule has 0 radical (unpaired) electrons. The minimum atomic E-state index is -1.97. The van der Waals surface area contributed by atoms with E-state index in [9.17, 15) is 38.4 Å². The first-order chi connectivity index (χ1) is 36.4. The number of halogens is 2. The minimum absolute atomic E-state index is 0.0251. The van der Waals surface area contributed by atoms with Gasteiger partial charge in [0.05, 0.1) is 22.2 Å². The second-order valence-corrected chi connectivity index (χ2v) is 15.4. The Morgan fingerprint density at radius 1 is 0.471 bits per heavy atom. The highest BCUT2D eigenvalue weighted by molar-refractivity contribution is 6.41. The Bertz CT molecular complexity index is 2670. The monoisotopic (exact) mass is 996 g/mol. The Balaban J connectivity index is 1.59. The molecule has 0 saturated carbocycles. The van der Waals surface area contributed by atoms with Gasteiger partial charge in [0.25, 0.3) is 0 Å². The molecule has 0 N–H and O–H groups in total. The molecule has 0 bridgehead atoms. The number of hydrogen-bond acceptors (Lipinski definition) is 19. The van der Waals surface area contributed by atoms with Gasteiger partial charge in [0.2, 0.25) is 0 Å². The molecule has 2 saturated heterocycles. The Morgan fingerprint density at radius 2 is 0.779 bits per heavy atom. The van der Waals surface area contributed by atoms with E-state index >= 15 is 4.79 Å². The second kappa shape index (κ2) is 21.2. The average Bonchev–Trinajstić information content (AvgIpc) is 3.89. The van der Waals surface area contributed by atoms with Crippen LogP contribution in [0, 0.1) is 0 Å². The highest BCUT2D eigenvalue weighted by Gasteiger charge is 2.55. The van der Waals surface area contributed by atoms with Crippen LogP contribution in [0.5, 0.6) is 0 Å². The van der Waals surface area contributed by atoms with Gasteiger partial charge >= 0.3 is 47.8 Å². The molecule has 4 heterocycles. The van der Waals surface area contributed by atoms with Crippen molar-refractivity contribution in [3.05, 3.63) is 70.0 Å². The van der Waals surface area contributed by atoms with E-state index in [0.717, 1.165) is 9.13 Å². The Morgan fingerprint density at radius 3 is 1.12 bits per heavy atom. The Kier molecular flexibility index (Phi) is 12.6. The molecule has 0 amide bonds. The molecule has 2 aliphatic heterocycles. The lowest BCUT2D eigenvalue weighted by Crippen LogP contribution is -2.60. The standard InChI is InChI=1S/C45H46Cl2N2O19/c1-19(50)59-17-31-36(61-21(3)52)38(63-23(5)54)40(65-25(7)56)44(67-31)48-29-15-11-9-13-27(29)33(42(48)46)35(58)34-28-14-10-12-16-30(28)49(43(34)47)45-41(66-26(8)57)39(64-24(6)55)37(62-22(4)53)32(68-45)18-60-20(2)51/h9-16,31-32,36-41,44-45H,17-18H2,1-8H3/t31-,32-,36-,37-,38+,39+,40-,41-,44?,45?/m1/s1/i1D,2D,3D,4D,5D,6D,7D,8D. The number of nitrogens with zero attached hydrogens (tertiary/aromatic N) is 2. The summed E-state index contributed by atoms with van der Waals surface area (Å²) in [5.74, 6) is -10.7. The molecule has 6 rings (SSSR count). The van der Waals surface area contributed by atoms with E-state index in [-0.39, 0.29) is 32.9 Å². The number of hydrogen-bond donors (Lipinski definition) is 0. The van der Waals surface area contributed by atoms with Crippen molar-refractivity contribution in [2.24, 2.45) is 0 Å². The first kappa shape index (κ1) is 40.5. The van der Waals surface area contributed by atoms with E-state index in [2.05, 4.69) is 0 Å². The van der Waals surface area contributed by atoms with Gasteiger partial charge in [0, 0.05) is 76.9 Å². The number of ether oxygens (including phenoxy) is 10. The van der Waals surface area contributed by atoms with Crippen LogP contribution in [0.2, 0.25) is 10.3 Å². The van der Waals surface area contributed by atoms with Crippen LogP contribution >= 0.6 is 23.2 Å². The molecular weight excluding hydrogens is 943 g/mol. The molecule has 364 valence electrons. The molecule has 2 aromatic carbocycles. The summed E-state index contributed by atoms with van der Waals surface area (Å²) in [5.41, 5.74) is -0.668. The Labute approximate surface area is 408 Å². The summed E-state index contributed by atoms with van der Waals surface area (Å²) in [7, 11) is 0. The summed E-state index contributed by atoms with van der Waals surface area (Å²) in [6.45, 7) is -9.57. The second-order valence-electron chi connectivity index (χ2n) is 14.7. The summed E-state index contributed by atoms with van der Waals surface area (Å²) < 4.78 is 120. The smallest absolute Gasteiger partial charge is 0.303 e. The normalized spacial score (nSPS) is 26.1. The van der Waals surface area contributed by atoms with Gasteiger partial charge < -0.3 is 56.5 Å². The third-order valence-electron chi connectivity index (χ3n) is 10.3. The lowest BCUT2D eigenvalue weighted by atomic mass is 9.97. The van der Waals surface area contributed by atoms with Crippen molar-refractivity contribution in [3.8, 4) is 0 Å². The quantitative estimate of drug-likeness (QED) is 0.0947. The first-order valence-electron chi connectivity index (χ1n) is 25.3. The number of fused-ring (bicyclic) bond motifs is 2. The van der Waals surface area contributed by atoms with Crippen LogP contribution in [0.1, 0.15) is 94.5 Å². The van der Waals surface area contributed by atoms with Gasteiger partial charge in [-0.3, -0.25) is 43.2 Å². The number of para-hydroxylation sites is 2. The van der Waals surface area contributed by atoms with Crippen LogP contribution in [-0.2, 0) is 85.7 Å². The van der Waals surface area contributed by atoms with Gasteiger partial charge in [-0.25, -0.2) is 0 Å². The van der Waals surface area contributed by atoms with Crippen molar-refractivity contribution in [1.82, 2.24) is 9.13 Å². The summed E-state index contributed by atoms with van der Waals surface area (Å²) in [5, 5.41) is -0.959. The summed E-state index contributed by atoms with van der Waals surface area (Å²) >= 11 is 14.6. The fraction of sp³-hybridized carbons (Fsp3) is 0.444. The topological polar surface area (TPSA) is 256 Å². The van der Waals surface area contributed by atoms with E-state index in [4.69, 9.17) is 81.5 Å². The van der Waals surface area contributed by atoms with Crippen LogP contribution in [0.15, 0.2) is 48.5 Å². The average molecular weight is 998 g/mol. The van der Waals surface area contributed by atoms with E-state index in [1.165, 1.54) is 48.5 Å². The van der Waals surface area contributed by atoms with E-state index in [0.29, 0.717) is 0 Å². The molecule has 23 heteroatoms. The van der Waals surface area contributed by atoms with E-state index < -0.39 is 194 Å². The molecule has 0 spiro atoms. The molecule has 2 aliphatic rings. The van der Waals surface area contributed by atoms with Crippen molar-refractivity contribution in [2.45, 2.75) is 116 Å². The lowest BCUT2D eigenvalue weighted by molar-refractivity contribution is -0.267. The summed E-state index contributed by atoms with van der Waals surface area (Å²) in [4.78, 5) is 118. The highest BCUT2D eigenvalue weighted by atomic mass is 35.5. The number of esters is 8. The highest BCUT2D eigenvalue weighted by Crippen LogP contribution is 2.45. The van der Waals surface area contributed by atoms with Crippen LogP contribution < -0.4 is 0 Å². The molecule has 68 heavy (non-hydrogen) atoms. The SMILES string of the molecule is [2H]CC(=O)OC[C@H]1OC(n2c(Cl)c(C(=O)c3c(Cl)n(C4O[C@H](COC(=O)C[2H])[C@@H](OC(=O)C[2H])[C@H](OC(=O)C[2H])[C@H]4OC(=O)C[2H])c4ccccc34)c3ccccc32)[C@H](OC(=O)C[2H])[C@@H](OC(=O)C[2H])[C@@H]1OC(=O)C[2H]. The number of carbonyl (C=O) groups excluding carboxylic acids is 9. The van der Waals surface area contributed by atoms with Crippen molar-refractivity contribution < 1.29 is 101 Å². The summed E-state index contributed by atoms with van der Waals surface area (Å²) in [6, 6.07) is 11.7. The van der Waals surface area contributed by atoms with Gasteiger partial charge in [-0.15, -0.1) is 0 Å². The first-order valence-corrected chi connectivity index (χ1v) is 20.4. The molecule has 2 aromatic heterocycles. The number of benzene rings is 2. The van der Waals surface area contributed by atoms with E-state index in [1.54, 1.807) is 0 Å². The maximum Gasteiger partial charge on any atom is 0.303 e. The third-order valence-corrected chi connectivity index (χ3v) is 11.0. The predicted octanol–water partition coefficient (Wildman–Crippen LogP) is 4.65. The zero-order valence-corrected chi connectivity index (χ0v) is 36.9. The van der Waals surface area contributed by atoms with Crippen molar-refractivity contribution in [1.29, 1.82) is 0 Å².